The largest absolute Gasteiger partial charge is 0.497 e. The van der Waals surface area contributed by atoms with Crippen LogP contribution >= 0.6 is 11.6 Å². The Bertz CT molecular complexity index is 575. The van der Waals surface area contributed by atoms with Crippen LogP contribution in [0.1, 0.15) is 5.56 Å². The maximum atomic E-state index is 13.6. The van der Waals surface area contributed by atoms with Crippen molar-refractivity contribution < 1.29 is 31.4 Å². The van der Waals surface area contributed by atoms with E-state index in [2.05, 4.69) is 4.74 Å². The first-order valence-electron chi connectivity index (χ1n) is 5.33. The highest BCUT2D eigenvalue weighted by atomic mass is 35.5. The molecule has 110 valence electrons. The molecule has 1 unspecified atom stereocenters. The zero-order chi connectivity index (χ0) is 15.1. The van der Waals surface area contributed by atoms with E-state index in [1.807, 2.05) is 0 Å². The Labute approximate surface area is 115 Å². The number of methoxy groups -OCH3 is 1. The van der Waals surface area contributed by atoms with Gasteiger partial charge >= 0.3 is 11.8 Å². The number of rotatable bonds is 4. The second-order valence-corrected chi connectivity index (χ2v) is 4.45. The van der Waals surface area contributed by atoms with Crippen molar-refractivity contribution in [3.05, 3.63) is 40.4 Å². The molecule has 0 bridgehead atoms. The third-order valence-corrected chi connectivity index (χ3v) is 3.19. The molecule has 2 rings (SSSR count). The molecular weight excluding hydrogens is 307 g/mol. The van der Waals surface area contributed by atoms with Crippen LogP contribution in [0.2, 0.25) is 5.02 Å². The van der Waals surface area contributed by atoms with Gasteiger partial charge in [0, 0.05) is 5.02 Å². The lowest BCUT2D eigenvalue weighted by molar-refractivity contribution is -0.288. The van der Waals surface area contributed by atoms with Gasteiger partial charge in [0.15, 0.2) is 0 Å². The van der Waals surface area contributed by atoms with E-state index in [9.17, 15) is 22.0 Å². The third kappa shape index (κ3) is 2.05. The van der Waals surface area contributed by atoms with E-state index in [-0.39, 0.29) is 10.6 Å². The van der Waals surface area contributed by atoms with E-state index in [1.165, 1.54) is 25.3 Å². The van der Waals surface area contributed by atoms with E-state index in [1.54, 1.807) is 0 Å². The molecule has 1 atom stereocenters. The Morgan fingerprint density at radius 2 is 1.80 bits per heavy atom. The molecule has 1 aromatic carbocycles. The number of ether oxygens (including phenoxy) is 2. The molecule has 2 nitrogen and oxygen atoms in total. The van der Waals surface area contributed by atoms with Crippen LogP contribution in [0.15, 0.2) is 29.9 Å². The molecule has 0 amide bonds. The number of hydrogen-bond donors (Lipinski definition) is 0. The van der Waals surface area contributed by atoms with Crippen molar-refractivity contribution in [3.8, 4) is 5.75 Å². The average molecular weight is 315 g/mol. The minimum atomic E-state index is -4.64. The summed E-state index contributed by atoms with van der Waals surface area (Å²) in [6, 6.07) is 4.11. The molecule has 0 N–H and O–H groups in total. The summed E-state index contributed by atoms with van der Waals surface area (Å²) in [5, 5.41) is 0.0560. The molecule has 8 heteroatoms. The van der Waals surface area contributed by atoms with E-state index < -0.39 is 30.0 Å². The fourth-order valence-corrected chi connectivity index (χ4v) is 1.82. The maximum Gasteiger partial charge on any atom is 0.365 e. The van der Waals surface area contributed by atoms with Crippen molar-refractivity contribution in [1.82, 2.24) is 0 Å². The highest BCUT2D eigenvalue weighted by Gasteiger charge is 2.74. The van der Waals surface area contributed by atoms with Gasteiger partial charge in [-0.2, -0.15) is 13.2 Å². The summed E-state index contributed by atoms with van der Waals surface area (Å²) in [6.45, 7) is -0.754. The Kier molecular flexibility index (Phi) is 3.68. The molecule has 0 saturated heterocycles. The van der Waals surface area contributed by atoms with Crippen LogP contribution in [0.25, 0.3) is 0 Å². The Morgan fingerprint density at radius 3 is 2.30 bits per heavy atom. The van der Waals surface area contributed by atoms with Gasteiger partial charge in [-0.25, -0.2) is 8.78 Å². The molecule has 1 aliphatic rings. The molecule has 1 aliphatic carbocycles. The summed E-state index contributed by atoms with van der Waals surface area (Å²) in [6.07, 6.45) is 0. The predicted octanol–water partition coefficient (Wildman–Crippen LogP) is 4.33. The number of alkyl halides is 3. The topological polar surface area (TPSA) is 18.5 Å². The fraction of sp³-hybridized carbons (Fsp3) is 0.333. The molecule has 0 aliphatic heterocycles. The van der Waals surface area contributed by atoms with Gasteiger partial charge in [-0.05, 0) is 17.7 Å². The van der Waals surface area contributed by atoms with Gasteiger partial charge in [0.25, 0.3) is 0 Å². The summed E-state index contributed by atoms with van der Waals surface area (Å²) in [5.41, 5.74) is 0.125. The molecule has 0 spiro atoms. The van der Waals surface area contributed by atoms with Crippen LogP contribution in [0.4, 0.5) is 22.0 Å². The van der Waals surface area contributed by atoms with Crippen LogP contribution in [-0.4, -0.2) is 18.9 Å². The lowest BCUT2D eigenvalue weighted by atomic mass is 9.95. The summed E-state index contributed by atoms with van der Waals surface area (Å²) >= 11 is 5.78. The van der Waals surface area contributed by atoms with E-state index in [0.717, 1.165) is 0 Å². The quantitative estimate of drug-likeness (QED) is 0.770. The fourth-order valence-electron chi connectivity index (χ4n) is 1.60. The van der Waals surface area contributed by atoms with Crippen molar-refractivity contribution in [2.75, 3.05) is 7.11 Å². The number of halogens is 6. The second-order valence-electron chi connectivity index (χ2n) is 4.04. The van der Waals surface area contributed by atoms with Gasteiger partial charge in [-0.1, -0.05) is 17.7 Å². The average Bonchev–Trinajstić information content (AvgIpc) is 2.43. The SMILES string of the molecule is COc1ccc(COC2(F)C(F)=C(F)C2(F)F)c(Cl)c1. The summed E-state index contributed by atoms with van der Waals surface area (Å²) in [5.74, 6) is -13.1. The Hall–Kier alpha value is -1.34. The van der Waals surface area contributed by atoms with Gasteiger partial charge in [-0.15, -0.1) is 0 Å². The van der Waals surface area contributed by atoms with Crippen LogP contribution in [0.3, 0.4) is 0 Å². The summed E-state index contributed by atoms with van der Waals surface area (Å²) < 4.78 is 73.8. The molecule has 0 heterocycles. The Balaban J connectivity index is 2.14. The van der Waals surface area contributed by atoms with Crippen LogP contribution in [-0.2, 0) is 11.3 Å². The smallest absolute Gasteiger partial charge is 0.365 e. The van der Waals surface area contributed by atoms with Crippen molar-refractivity contribution in [3.63, 3.8) is 0 Å². The predicted molar refractivity (Wildman–Crippen MR) is 60.8 cm³/mol. The lowest BCUT2D eigenvalue weighted by Crippen LogP contribution is -2.56. The second kappa shape index (κ2) is 4.89. The van der Waals surface area contributed by atoms with Crippen molar-refractivity contribution in [2.45, 2.75) is 18.4 Å². The van der Waals surface area contributed by atoms with E-state index in [4.69, 9.17) is 16.3 Å². The monoisotopic (exact) mass is 314 g/mol. The van der Waals surface area contributed by atoms with Gasteiger partial charge in [-0.3, -0.25) is 0 Å². The van der Waals surface area contributed by atoms with Crippen molar-refractivity contribution in [1.29, 1.82) is 0 Å². The normalized spacial score (nSPS) is 24.6. The number of hydrogen-bond acceptors (Lipinski definition) is 2. The van der Waals surface area contributed by atoms with Gasteiger partial charge in [0.2, 0.25) is 11.7 Å². The minimum Gasteiger partial charge on any atom is -0.497 e. The highest BCUT2D eigenvalue weighted by Crippen LogP contribution is 2.56. The zero-order valence-electron chi connectivity index (χ0n) is 10.0. The molecule has 20 heavy (non-hydrogen) atoms. The lowest BCUT2D eigenvalue weighted by Gasteiger charge is -2.38. The first kappa shape index (κ1) is 15.1. The maximum absolute atomic E-state index is 13.6. The highest BCUT2D eigenvalue weighted by molar-refractivity contribution is 6.31. The Morgan fingerprint density at radius 1 is 1.15 bits per heavy atom. The van der Waals surface area contributed by atoms with Gasteiger partial charge in [0.05, 0.1) is 13.7 Å². The molecule has 1 aromatic rings. The molecule has 0 saturated carbocycles. The van der Waals surface area contributed by atoms with Crippen LogP contribution in [0, 0.1) is 0 Å². The molecule has 0 fully saturated rings. The first-order valence-corrected chi connectivity index (χ1v) is 5.71. The van der Waals surface area contributed by atoms with Gasteiger partial charge in [0.1, 0.15) is 5.75 Å². The summed E-state index contributed by atoms with van der Waals surface area (Å²) in [4.78, 5) is 0. The van der Waals surface area contributed by atoms with Crippen LogP contribution in [0.5, 0.6) is 5.75 Å². The van der Waals surface area contributed by atoms with E-state index >= 15 is 0 Å². The van der Waals surface area contributed by atoms with Crippen LogP contribution < -0.4 is 4.74 Å². The number of benzene rings is 1. The molecule has 0 radical (unpaired) electrons. The third-order valence-electron chi connectivity index (χ3n) is 2.84. The van der Waals surface area contributed by atoms with Crippen molar-refractivity contribution in [2.24, 2.45) is 0 Å². The minimum absolute atomic E-state index is 0.0560. The molecular formula is C12H8ClF5O2. The van der Waals surface area contributed by atoms with Crippen molar-refractivity contribution >= 4 is 11.6 Å². The summed E-state index contributed by atoms with van der Waals surface area (Å²) in [7, 11) is 1.39. The first-order chi connectivity index (χ1) is 9.24. The molecule has 0 aromatic heterocycles. The van der Waals surface area contributed by atoms with E-state index in [0.29, 0.717) is 5.75 Å². The standard InChI is InChI=1S/C12H8ClF5O2/c1-19-7-3-2-6(8(13)4-7)5-20-12(18)10(15)9(14)11(12,16)17/h2-4H,5H2,1H3. The zero-order valence-corrected chi connectivity index (χ0v) is 10.8. The van der Waals surface area contributed by atoms with Gasteiger partial charge < -0.3 is 9.47 Å².